The molecule has 2 aromatic rings. The molecule has 3 nitrogen and oxygen atoms in total. The van der Waals surface area contributed by atoms with Crippen molar-refractivity contribution in [2.45, 2.75) is 19.3 Å². The summed E-state index contributed by atoms with van der Waals surface area (Å²) in [5, 5.41) is 2.71. The second-order valence-corrected chi connectivity index (χ2v) is 7.90. The second kappa shape index (κ2) is 8.13. The zero-order valence-electron chi connectivity index (χ0n) is 12.9. The predicted octanol–water partition coefficient (Wildman–Crippen LogP) is 4.28. The Labute approximate surface area is 150 Å². The monoisotopic (exact) mass is 420 g/mol. The summed E-state index contributed by atoms with van der Waals surface area (Å²) in [4.78, 5) is 14.9. The smallest absolute Gasteiger partial charge is 0.351 e. The maximum atomic E-state index is 12.5. The Kier molecular flexibility index (Phi) is 6.42. The molecule has 1 aromatic heterocycles. The van der Waals surface area contributed by atoms with Gasteiger partial charge in [0.25, 0.3) is 0 Å². The highest BCUT2D eigenvalue weighted by molar-refractivity contribution is 9.11. The molecule has 0 aliphatic carbocycles. The van der Waals surface area contributed by atoms with E-state index in [4.69, 9.17) is 0 Å². The van der Waals surface area contributed by atoms with Crippen LogP contribution in [0.25, 0.3) is 0 Å². The number of likely N-dealkylation sites (N-methyl/N-ethyl adjacent to an activating group) is 1. The minimum absolute atomic E-state index is 0.173. The molecule has 1 aromatic carbocycles. The number of amides is 1. The van der Waals surface area contributed by atoms with Gasteiger partial charge in [-0.3, -0.25) is 9.69 Å². The van der Waals surface area contributed by atoms with E-state index in [0.717, 1.165) is 20.8 Å². The highest BCUT2D eigenvalue weighted by Crippen LogP contribution is 2.29. The first-order chi connectivity index (χ1) is 11.2. The molecule has 0 saturated carbocycles. The fourth-order valence-corrected chi connectivity index (χ4v) is 3.64. The number of carbonyl (C=O) groups is 1. The first-order valence-electron chi connectivity index (χ1n) is 7.09. The molecule has 8 heteroatoms. The summed E-state index contributed by atoms with van der Waals surface area (Å²) in [5.74, 6) is -0.173. The number of thiophene rings is 1. The van der Waals surface area contributed by atoms with Gasteiger partial charge in [-0.1, -0.05) is 12.1 Å². The Morgan fingerprint density at radius 2 is 1.88 bits per heavy atom. The third kappa shape index (κ3) is 5.92. The zero-order valence-corrected chi connectivity index (χ0v) is 15.3. The number of alkyl halides is 3. The van der Waals surface area contributed by atoms with E-state index >= 15 is 0 Å². The lowest BCUT2D eigenvalue weighted by atomic mass is 10.1. The van der Waals surface area contributed by atoms with Crippen molar-refractivity contribution in [3.05, 3.63) is 56.2 Å². The molecule has 130 valence electrons. The molecule has 1 amide bonds. The minimum atomic E-state index is -4.35. The van der Waals surface area contributed by atoms with Gasteiger partial charge in [0, 0.05) is 18.0 Å². The Morgan fingerprint density at radius 1 is 1.21 bits per heavy atom. The van der Waals surface area contributed by atoms with Gasteiger partial charge in [-0.2, -0.15) is 13.2 Å². The van der Waals surface area contributed by atoms with Gasteiger partial charge in [0.15, 0.2) is 0 Å². The maximum Gasteiger partial charge on any atom is 0.416 e. The van der Waals surface area contributed by atoms with Gasteiger partial charge in [-0.05, 0) is 52.8 Å². The van der Waals surface area contributed by atoms with Crippen LogP contribution in [0.1, 0.15) is 16.0 Å². The highest BCUT2D eigenvalue weighted by Gasteiger charge is 2.29. The van der Waals surface area contributed by atoms with Crippen LogP contribution < -0.4 is 5.32 Å². The van der Waals surface area contributed by atoms with Gasteiger partial charge < -0.3 is 5.32 Å². The average Bonchev–Trinajstić information content (AvgIpc) is 2.89. The van der Waals surface area contributed by atoms with Crippen molar-refractivity contribution in [2.75, 3.05) is 13.6 Å². The second-order valence-electron chi connectivity index (χ2n) is 5.35. The number of hydrogen-bond donors (Lipinski definition) is 1. The number of halogens is 4. The van der Waals surface area contributed by atoms with Crippen LogP contribution >= 0.6 is 27.3 Å². The molecule has 0 aliphatic heterocycles. The lowest BCUT2D eigenvalue weighted by Crippen LogP contribution is -2.34. The quantitative estimate of drug-likeness (QED) is 0.756. The van der Waals surface area contributed by atoms with Gasteiger partial charge in [0.1, 0.15) is 0 Å². The van der Waals surface area contributed by atoms with Crippen LogP contribution in [0.3, 0.4) is 0 Å². The predicted molar refractivity (Wildman–Crippen MR) is 91.6 cm³/mol. The van der Waals surface area contributed by atoms with E-state index in [1.165, 1.54) is 12.1 Å². The lowest BCUT2D eigenvalue weighted by Gasteiger charge is -2.15. The van der Waals surface area contributed by atoms with Crippen molar-refractivity contribution < 1.29 is 18.0 Å². The summed E-state index contributed by atoms with van der Waals surface area (Å²) in [6.45, 7) is 1.08. The van der Waals surface area contributed by atoms with Gasteiger partial charge >= 0.3 is 6.18 Å². The van der Waals surface area contributed by atoms with Gasteiger partial charge in [0.2, 0.25) is 5.91 Å². The molecular weight excluding hydrogens is 405 g/mol. The molecule has 0 atom stereocenters. The van der Waals surface area contributed by atoms with Crippen LogP contribution in [0.2, 0.25) is 0 Å². The SMILES string of the molecule is CN(CC(=O)NCc1ccc(C(F)(F)F)cc1)Cc1ccc(Br)s1. The van der Waals surface area contributed by atoms with Crippen molar-refractivity contribution in [3.63, 3.8) is 0 Å². The van der Waals surface area contributed by atoms with E-state index in [-0.39, 0.29) is 19.0 Å². The van der Waals surface area contributed by atoms with E-state index in [0.29, 0.717) is 12.1 Å². The molecule has 0 spiro atoms. The van der Waals surface area contributed by atoms with Crippen LogP contribution in [-0.4, -0.2) is 24.4 Å². The van der Waals surface area contributed by atoms with Gasteiger partial charge in [0.05, 0.1) is 15.9 Å². The van der Waals surface area contributed by atoms with Crippen LogP contribution in [0.4, 0.5) is 13.2 Å². The van der Waals surface area contributed by atoms with Gasteiger partial charge in [-0.25, -0.2) is 0 Å². The lowest BCUT2D eigenvalue weighted by molar-refractivity contribution is -0.137. The Bertz CT molecular complexity index is 685. The molecule has 0 bridgehead atoms. The van der Waals surface area contributed by atoms with E-state index in [1.54, 1.807) is 11.3 Å². The largest absolute Gasteiger partial charge is 0.416 e. The van der Waals surface area contributed by atoms with Gasteiger partial charge in [-0.15, -0.1) is 11.3 Å². The number of benzene rings is 1. The summed E-state index contributed by atoms with van der Waals surface area (Å²) in [6, 6.07) is 8.72. The minimum Gasteiger partial charge on any atom is -0.351 e. The van der Waals surface area contributed by atoms with Crippen LogP contribution in [0.5, 0.6) is 0 Å². The summed E-state index contributed by atoms with van der Waals surface area (Å²) in [5.41, 5.74) is -0.0689. The van der Waals surface area contributed by atoms with Crippen molar-refractivity contribution in [1.29, 1.82) is 0 Å². The number of rotatable bonds is 6. The van der Waals surface area contributed by atoms with E-state index < -0.39 is 11.7 Å². The third-order valence-electron chi connectivity index (χ3n) is 3.24. The van der Waals surface area contributed by atoms with Crippen molar-refractivity contribution >= 4 is 33.2 Å². The Hall–Kier alpha value is -1.38. The zero-order chi connectivity index (χ0) is 17.7. The summed E-state index contributed by atoms with van der Waals surface area (Å²) in [6.07, 6.45) is -4.35. The molecule has 1 heterocycles. The molecule has 2 rings (SSSR count). The average molecular weight is 421 g/mol. The van der Waals surface area contributed by atoms with Crippen molar-refractivity contribution in [2.24, 2.45) is 0 Å². The normalized spacial score (nSPS) is 11.8. The fraction of sp³-hybridized carbons (Fsp3) is 0.312. The molecule has 0 radical (unpaired) electrons. The van der Waals surface area contributed by atoms with E-state index in [1.807, 2.05) is 24.1 Å². The van der Waals surface area contributed by atoms with Crippen LogP contribution in [-0.2, 0) is 24.1 Å². The summed E-state index contributed by atoms with van der Waals surface area (Å²) < 4.78 is 38.5. The van der Waals surface area contributed by atoms with Crippen molar-refractivity contribution in [1.82, 2.24) is 10.2 Å². The Balaban J connectivity index is 1.78. The molecular formula is C16H16BrF3N2OS. The summed E-state index contributed by atoms with van der Waals surface area (Å²) in [7, 11) is 1.84. The molecule has 0 fully saturated rings. The fourth-order valence-electron chi connectivity index (χ4n) is 2.07. The van der Waals surface area contributed by atoms with Crippen LogP contribution in [0, 0.1) is 0 Å². The molecule has 1 N–H and O–H groups in total. The number of hydrogen-bond acceptors (Lipinski definition) is 3. The first-order valence-corrected chi connectivity index (χ1v) is 8.70. The number of carbonyl (C=O) groups excluding carboxylic acids is 1. The molecule has 24 heavy (non-hydrogen) atoms. The number of nitrogens with one attached hydrogen (secondary N) is 1. The van der Waals surface area contributed by atoms with E-state index in [9.17, 15) is 18.0 Å². The Morgan fingerprint density at radius 3 is 2.42 bits per heavy atom. The molecule has 0 unspecified atom stereocenters. The highest BCUT2D eigenvalue weighted by atomic mass is 79.9. The summed E-state index contributed by atoms with van der Waals surface area (Å²) >= 11 is 5.00. The first kappa shape index (κ1) is 19.0. The number of nitrogens with zero attached hydrogens (tertiary/aromatic N) is 1. The van der Waals surface area contributed by atoms with Crippen LogP contribution in [0.15, 0.2) is 40.2 Å². The standard InChI is InChI=1S/C16H16BrF3N2OS/c1-22(9-13-6-7-14(17)24-13)10-15(23)21-8-11-2-4-12(5-3-11)16(18,19)20/h2-7H,8-10H2,1H3,(H,21,23). The molecule has 0 aliphatic rings. The van der Waals surface area contributed by atoms with Crippen molar-refractivity contribution in [3.8, 4) is 0 Å². The third-order valence-corrected chi connectivity index (χ3v) is 4.85. The van der Waals surface area contributed by atoms with E-state index in [2.05, 4.69) is 21.2 Å². The topological polar surface area (TPSA) is 32.3 Å². The maximum absolute atomic E-state index is 12.5. The molecule has 0 saturated heterocycles.